The van der Waals surface area contributed by atoms with Crippen LogP contribution in [0.3, 0.4) is 0 Å². The van der Waals surface area contributed by atoms with Gasteiger partial charge in [-0.25, -0.2) is 4.39 Å². The fourth-order valence-corrected chi connectivity index (χ4v) is 1.92. The van der Waals surface area contributed by atoms with Crippen molar-refractivity contribution in [2.45, 2.75) is 25.1 Å². The maximum Gasteiger partial charge on any atom is 0.411 e. The SMILES string of the molecule is CNC(CCOCC(F)(F)F)Cc1ccc(F)c(Cl)c1. The van der Waals surface area contributed by atoms with Crippen LogP contribution < -0.4 is 5.32 Å². The van der Waals surface area contributed by atoms with Gasteiger partial charge in [0.25, 0.3) is 0 Å². The second-order valence-corrected chi connectivity index (χ2v) is 4.80. The molecule has 1 N–H and O–H groups in total. The summed E-state index contributed by atoms with van der Waals surface area (Å²) in [4.78, 5) is 0. The summed E-state index contributed by atoms with van der Waals surface area (Å²) < 4.78 is 53.3. The van der Waals surface area contributed by atoms with Gasteiger partial charge < -0.3 is 10.1 Å². The van der Waals surface area contributed by atoms with Crippen LogP contribution in [0.25, 0.3) is 0 Å². The molecule has 114 valence electrons. The molecule has 0 saturated heterocycles. The van der Waals surface area contributed by atoms with Crippen LogP contribution in [0, 0.1) is 5.82 Å². The van der Waals surface area contributed by atoms with E-state index >= 15 is 0 Å². The van der Waals surface area contributed by atoms with Crippen LogP contribution >= 0.6 is 11.6 Å². The molecule has 0 aromatic heterocycles. The summed E-state index contributed by atoms with van der Waals surface area (Å²) in [5, 5.41) is 3.02. The number of ether oxygens (including phenoxy) is 1. The number of hydrogen-bond acceptors (Lipinski definition) is 2. The molecule has 1 aromatic rings. The predicted molar refractivity (Wildman–Crippen MR) is 69.5 cm³/mol. The molecule has 0 aliphatic heterocycles. The lowest BCUT2D eigenvalue weighted by molar-refractivity contribution is -0.174. The highest BCUT2D eigenvalue weighted by Gasteiger charge is 2.27. The van der Waals surface area contributed by atoms with Crippen molar-refractivity contribution < 1.29 is 22.3 Å². The third kappa shape index (κ3) is 6.54. The quantitative estimate of drug-likeness (QED) is 0.614. The monoisotopic (exact) mass is 313 g/mol. The Hall–Kier alpha value is -0.850. The highest BCUT2D eigenvalue weighted by molar-refractivity contribution is 6.30. The first-order valence-electron chi connectivity index (χ1n) is 6.07. The van der Waals surface area contributed by atoms with E-state index in [-0.39, 0.29) is 17.7 Å². The lowest BCUT2D eigenvalue weighted by Gasteiger charge is -2.17. The van der Waals surface area contributed by atoms with E-state index in [4.69, 9.17) is 11.6 Å². The van der Waals surface area contributed by atoms with Crippen LogP contribution in [0.15, 0.2) is 18.2 Å². The van der Waals surface area contributed by atoms with Gasteiger partial charge in [-0.2, -0.15) is 13.2 Å². The molecule has 0 heterocycles. The number of alkyl halides is 3. The van der Waals surface area contributed by atoms with Crippen molar-refractivity contribution in [3.8, 4) is 0 Å². The van der Waals surface area contributed by atoms with Gasteiger partial charge in [0, 0.05) is 12.6 Å². The van der Waals surface area contributed by atoms with Crippen LogP contribution in [0.1, 0.15) is 12.0 Å². The Morgan fingerprint density at radius 1 is 1.35 bits per heavy atom. The summed E-state index contributed by atoms with van der Waals surface area (Å²) in [6, 6.07) is 4.31. The molecule has 0 aliphatic carbocycles. The second-order valence-electron chi connectivity index (χ2n) is 4.39. The third-order valence-corrected chi connectivity index (χ3v) is 3.04. The fraction of sp³-hybridized carbons (Fsp3) is 0.538. The number of rotatable bonds is 7. The molecule has 1 unspecified atom stereocenters. The number of likely N-dealkylation sites (N-methyl/N-ethyl adjacent to an activating group) is 1. The van der Waals surface area contributed by atoms with E-state index in [1.54, 1.807) is 13.1 Å². The molecule has 0 saturated carbocycles. The largest absolute Gasteiger partial charge is 0.411 e. The Balaban J connectivity index is 2.41. The van der Waals surface area contributed by atoms with E-state index in [0.717, 1.165) is 5.56 Å². The van der Waals surface area contributed by atoms with Gasteiger partial charge in [0.15, 0.2) is 0 Å². The molecule has 0 fully saturated rings. The average molecular weight is 314 g/mol. The molecule has 1 atom stereocenters. The first-order chi connectivity index (χ1) is 9.31. The Bertz CT molecular complexity index is 425. The van der Waals surface area contributed by atoms with E-state index in [0.29, 0.717) is 12.8 Å². The number of nitrogens with one attached hydrogen (secondary N) is 1. The van der Waals surface area contributed by atoms with E-state index in [2.05, 4.69) is 10.1 Å². The predicted octanol–water partition coefficient (Wildman–Crippen LogP) is 3.58. The zero-order valence-electron chi connectivity index (χ0n) is 10.9. The van der Waals surface area contributed by atoms with Gasteiger partial charge in [0.05, 0.1) is 5.02 Å². The average Bonchev–Trinajstić information content (AvgIpc) is 2.36. The van der Waals surface area contributed by atoms with Gasteiger partial charge in [0.2, 0.25) is 0 Å². The number of halogens is 5. The van der Waals surface area contributed by atoms with Crippen molar-refractivity contribution in [3.05, 3.63) is 34.6 Å². The van der Waals surface area contributed by atoms with Crippen LogP contribution in [0.5, 0.6) is 0 Å². The molecule has 0 bridgehead atoms. The molecule has 0 radical (unpaired) electrons. The Labute approximate surface area is 120 Å². The lowest BCUT2D eigenvalue weighted by Crippen LogP contribution is -2.29. The normalized spacial score (nSPS) is 13.5. The summed E-state index contributed by atoms with van der Waals surface area (Å²) in [7, 11) is 1.71. The molecule has 7 heteroatoms. The number of hydrogen-bond donors (Lipinski definition) is 1. The zero-order valence-corrected chi connectivity index (χ0v) is 11.7. The maximum absolute atomic E-state index is 13.0. The van der Waals surface area contributed by atoms with Crippen molar-refractivity contribution in [1.29, 1.82) is 0 Å². The Kier molecular flexibility index (Phi) is 6.71. The smallest absolute Gasteiger partial charge is 0.372 e. The van der Waals surface area contributed by atoms with Crippen molar-refractivity contribution >= 4 is 11.6 Å². The summed E-state index contributed by atoms with van der Waals surface area (Å²) in [6.07, 6.45) is -3.35. The van der Waals surface area contributed by atoms with Gasteiger partial charge in [-0.15, -0.1) is 0 Å². The minimum atomic E-state index is -4.31. The van der Waals surface area contributed by atoms with Gasteiger partial charge in [0.1, 0.15) is 12.4 Å². The van der Waals surface area contributed by atoms with Crippen LogP contribution in [-0.4, -0.2) is 32.5 Å². The molecule has 1 rings (SSSR count). The summed E-state index contributed by atoms with van der Waals surface area (Å²) in [5.74, 6) is -0.495. The molecule has 20 heavy (non-hydrogen) atoms. The van der Waals surface area contributed by atoms with Gasteiger partial charge >= 0.3 is 6.18 Å². The molecule has 0 amide bonds. The van der Waals surface area contributed by atoms with E-state index < -0.39 is 18.6 Å². The van der Waals surface area contributed by atoms with Gasteiger partial charge in [-0.1, -0.05) is 17.7 Å². The van der Waals surface area contributed by atoms with Gasteiger partial charge in [-0.3, -0.25) is 0 Å². The third-order valence-electron chi connectivity index (χ3n) is 2.75. The Morgan fingerprint density at radius 2 is 2.05 bits per heavy atom. The van der Waals surface area contributed by atoms with Crippen molar-refractivity contribution in [1.82, 2.24) is 5.32 Å². The fourth-order valence-electron chi connectivity index (χ4n) is 1.71. The molecule has 0 spiro atoms. The topological polar surface area (TPSA) is 21.3 Å². The summed E-state index contributed by atoms with van der Waals surface area (Å²) in [5.41, 5.74) is 0.812. The molecule has 2 nitrogen and oxygen atoms in total. The minimum absolute atomic E-state index is 0.0000561. The lowest BCUT2D eigenvalue weighted by atomic mass is 10.0. The van der Waals surface area contributed by atoms with Crippen LogP contribution in [0.2, 0.25) is 5.02 Å². The summed E-state index contributed by atoms with van der Waals surface area (Å²) in [6.45, 7) is -1.24. The summed E-state index contributed by atoms with van der Waals surface area (Å²) >= 11 is 5.67. The zero-order chi connectivity index (χ0) is 15.2. The van der Waals surface area contributed by atoms with E-state index in [1.165, 1.54) is 12.1 Å². The van der Waals surface area contributed by atoms with Crippen LogP contribution in [-0.2, 0) is 11.2 Å². The van der Waals surface area contributed by atoms with Crippen molar-refractivity contribution in [2.75, 3.05) is 20.3 Å². The molecular formula is C13H16ClF4NO. The Morgan fingerprint density at radius 3 is 2.60 bits per heavy atom. The standard InChI is InChI=1S/C13H16ClF4NO/c1-19-10(4-5-20-8-13(16,17)18)6-9-2-3-12(15)11(14)7-9/h2-3,7,10,19H,4-6,8H2,1H3. The molecule has 1 aromatic carbocycles. The van der Waals surface area contributed by atoms with Crippen molar-refractivity contribution in [3.63, 3.8) is 0 Å². The minimum Gasteiger partial charge on any atom is -0.372 e. The second kappa shape index (κ2) is 7.81. The van der Waals surface area contributed by atoms with Crippen molar-refractivity contribution in [2.24, 2.45) is 0 Å². The van der Waals surface area contributed by atoms with Crippen LogP contribution in [0.4, 0.5) is 17.6 Å². The first-order valence-corrected chi connectivity index (χ1v) is 6.45. The van der Waals surface area contributed by atoms with E-state index in [1.807, 2.05) is 0 Å². The highest BCUT2D eigenvalue weighted by Crippen LogP contribution is 2.18. The maximum atomic E-state index is 13.0. The highest BCUT2D eigenvalue weighted by atomic mass is 35.5. The van der Waals surface area contributed by atoms with E-state index in [9.17, 15) is 17.6 Å². The molecular weight excluding hydrogens is 298 g/mol. The van der Waals surface area contributed by atoms with Gasteiger partial charge in [-0.05, 0) is 37.6 Å². The molecule has 0 aliphatic rings. The first kappa shape index (κ1) is 17.2. The number of benzene rings is 1.